The molecule has 6 heteroatoms. The van der Waals surface area contributed by atoms with Crippen LogP contribution in [0.5, 0.6) is 0 Å². The zero-order valence-corrected chi connectivity index (χ0v) is 11.0. The number of carbonyl (C=O) groups is 2. The Morgan fingerprint density at radius 1 is 1.35 bits per heavy atom. The summed E-state index contributed by atoms with van der Waals surface area (Å²) in [6.45, 7) is 0.0188. The van der Waals surface area contributed by atoms with Gasteiger partial charge in [0.1, 0.15) is 5.82 Å². The van der Waals surface area contributed by atoms with E-state index in [2.05, 4.69) is 5.32 Å². The highest BCUT2D eigenvalue weighted by Crippen LogP contribution is 2.37. The third-order valence-corrected chi connectivity index (χ3v) is 3.84. The predicted octanol–water partition coefficient (Wildman–Crippen LogP) is 1.78. The van der Waals surface area contributed by atoms with Crippen LogP contribution >= 0.6 is 0 Å². The fourth-order valence-electron chi connectivity index (χ4n) is 2.58. The smallest absolute Gasteiger partial charge is 0.311 e. The molecular weight excluding hydrogens is 263 g/mol. The standard InChI is InChI=1S/C14H17FN2O3/c15-11-7-9(16)3-4-10(11)12(18)17-8-14(13(19)20)5-1-2-6-14/h3-4,7H,1-2,5-6,8,16H2,(H,17,18)(H,19,20). The van der Waals surface area contributed by atoms with Gasteiger partial charge in [-0.2, -0.15) is 0 Å². The highest BCUT2D eigenvalue weighted by atomic mass is 19.1. The quantitative estimate of drug-likeness (QED) is 0.733. The van der Waals surface area contributed by atoms with Crippen molar-refractivity contribution in [3.05, 3.63) is 29.6 Å². The lowest BCUT2D eigenvalue weighted by Gasteiger charge is -2.24. The van der Waals surface area contributed by atoms with Crippen LogP contribution in [0.25, 0.3) is 0 Å². The van der Waals surface area contributed by atoms with E-state index >= 15 is 0 Å². The summed E-state index contributed by atoms with van der Waals surface area (Å²) in [4.78, 5) is 23.3. The van der Waals surface area contributed by atoms with Gasteiger partial charge in [0.25, 0.3) is 5.91 Å². The Bertz CT molecular complexity index is 539. The van der Waals surface area contributed by atoms with Gasteiger partial charge in [0.05, 0.1) is 11.0 Å². The largest absolute Gasteiger partial charge is 0.481 e. The van der Waals surface area contributed by atoms with Gasteiger partial charge in [-0.25, -0.2) is 4.39 Å². The molecule has 0 aromatic heterocycles. The molecule has 1 aromatic rings. The van der Waals surface area contributed by atoms with Gasteiger partial charge in [0, 0.05) is 12.2 Å². The molecule has 1 aliphatic carbocycles. The van der Waals surface area contributed by atoms with Crippen LogP contribution in [0.15, 0.2) is 18.2 Å². The Labute approximate surface area is 116 Å². The SMILES string of the molecule is Nc1ccc(C(=O)NCC2(C(=O)O)CCCC2)c(F)c1. The van der Waals surface area contributed by atoms with Crippen molar-refractivity contribution >= 4 is 17.6 Å². The molecular formula is C14H17FN2O3. The van der Waals surface area contributed by atoms with Crippen LogP contribution in [0.3, 0.4) is 0 Å². The van der Waals surface area contributed by atoms with Gasteiger partial charge < -0.3 is 16.2 Å². The van der Waals surface area contributed by atoms with Crippen molar-refractivity contribution < 1.29 is 19.1 Å². The highest BCUT2D eigenvalue weighted by molar-refractivity contribution is 5.95. The number of halogens is 1. The summed E-state index contributed by atoms with van der Waals surface area (Å²) in [6.07, 6.45) is 2.73. The van der Waals surface area contributed by atoms with Crippen molar-refractivity contribution in [3.63, 3.8) is 0 Å². The van der Waals surface area contributed by atoms with Crippen LogP contribution in [0, 0.1) is 11.2 Å². The van der Waals surface area contributed by atoms with Gasteiger partial charge in [-0.1, -0.05) is 12.8 Å². The minimum atomic E-state index is -0.917. The van der Waals surface area contributed by atoms with Crippen LogP contribution in [0.2, 0.25) is 0 Å². The number of nitrogen functional groups attached to an aromatic ring is 1. The van der Waals surface area contributed by atoms with Gasteiger partial charge in [0.15, 0.2) is 0 Å². The summed E-state index contributed by atoms with van der Waals surface area (Å²) in [5.74, 6) is -2.23. The molecule has 0 heterocycles. The first-order chi connectivity index (χ1) is 9.44. The van der Waals surface area contributed by atoms with Crippen molar-refractivity contribution in [2.24, 2.45) is 5.41 Å². The molecule has 4 N–H and O–H groups in total. The van der Waals surface area contributed by atoms with Gasteiger partial charge >= 0.3 is 5.97 Å². The van der Waals surface area contributed by atoms with E-state index in [1.54, 1.807) is 0 Å². The molecule has 0 bridgehead atoms. The van der Waals surface area contributed by atoms with E-state index < -0.39 is 23.1 Å². The molecule has 1 amide bonds. The number of carboxylic acids is 1. The maximum absolute atomic E-state index is 13.6. The summed E-state index contributed by atoms with van der Waals surface area (Å²) in [5, 5.41) is 11.8. The van der Waals surface area contributed by atoms with E-state index in [9.17, 15) is 19.1 Å². The van der Waals surface area contributed by atoms with E-state index in [1.807, 2.05) is 0 Å². The maximum Gasteiger partial charge on any atom is 0.311 e. The van der Waals surface area contributed by atoms with Crippen LogP contribution in [0.4, 0.5) is 10.1 Å². The van der Waals surface area contributed by atoms with Gasteiger partial charge in [-0.3, -0.25) is 9.59 Å². The Morgan fingerprint density at radius 2 is 2.00 bits per heavy atom. The number of aliphatic carboxylic acids is 1. The number of hydrogen-bond donors (Lipinski definition) is 3. The molecule has 1 fully saturated rings. The summed E-state index contributed by atoms with van der Waals surface area (Å²) in [6, 6.07) is 3.79. The molecule has 0 spiro atoms. The third kappa shape index (κ3) is 2.74. The van der Waals surface area contributed by atoms with E-state index in [4.69, 9.17) is 5.73 Å². The summed E-state index contributed by atoms with van der Waals surface area (Å²) in [7, 11) is 0. The average molecular weight is 280 g/mol. The number of nitrogens with two attached hydrogens (primary N) is 1. The van der Waals surface area contributed by atoms with Crippen molar-refractivity contribution in [1.82, 2.24) is 5.32 Å². The topological polar surface area (TPSA) is 92.4 Å². The fraction of sp³-hybridized carbons (Fsp3) is 0.429. The Hall–Kier alpha value is -2.11. The Kier molecular flexibility index (Phi) is 3.92. The molecule has 0 unspecified atom stereocenters. The number of carbonyl (C=O) groups excluding carboxylic acids is 1. The molecule has 20 heavy (non-hydrogen) atoms. The second kappa shape index (κ2) is 5.48. The molecule has 1 aromatic carbocycles. The van der Waals surface area contributed by atoms with Gasteiger partial charge in [-0.05, 0) is 31.0 Å². The van der Waals surface area contributed by atoms with Crippen molar-refractivity contribution in [3.8, 4) is 0 Å². The second-order valence-corrected chi connectivity index (χ2v) is 5.21. The number of nitrogens with one attached hydrogen (secondary N) is 1. The normalized spacial score (nSPS) is 16.9. The second-order valence-electron chi connectivity index (χ2n) is 5.21. The van der Waals surface area contributed by atoms with Crippen molar-refractivity contribution in [2.45, 2.75) is 25.7 Å². The molecule has 0 aliphatic heterocycles. The molecule has 0 radical (unpaired) electrons. The maximum atomic E-state index is 13.6. The molecule has 0 atom stereocenters. The van der Waals surface area contributed by atoms with E-state index in [0.29, 0.717) is 12.8 Å². The average Bonchev–Trinajstić information content (AvgIpc) is 2.86. The molecule has 5 nitrogen and oxygen atoms in total. The number of carboxylic acid groups (broad SMARTS) is 1. The minimum absolute atomic E-state index is 0.0188. The van der Waals surface area contributed by atoms with Crippen molar-refractivity contribution in [2.75, 3.05) is 12.3 Å². The minimum Gasteiger partial charge on any atom is -0.481 e. The predicted molar refractivity (Wildman–Crippen MR) is 71.7 cm³/mol. The number of anilines is 1. The summed E-state index contributed by atoms with van der Waals surface area (Å²) in [5.41, 5.74) is 4.60. The number of amides is 1. The van der Waals surface area contributed by atoms with Crippen LogP contribution in [-0.2, 0) is 4.79 Å². The first-order valence-corrected chi connectivity index (χ1v) is 6.51. The lowest BCUT2D eigenvalue weighted by molar-refractivity contribution is -0.148. The third-order valence-electron chi connectivity index (χ3n) is 3.84. The lowest BCUT2D eigenvalue weighted by atomic mass is 9.86. The zero-order chi connectivity index (χ0) is 14.8. The summed E-state index contributed by atoms with van der Waals surface area (Å²) < 4.78 is 13.6. The van der Waals surface area contributed by atoms with Crippen LogP contribution in [-0.4, -0.2) is 23.5 Å². The highest BCUT2D eigenvalue weighted by Gasteiger charge is 2.41. The fourth-order valence-corrected chi connectivity index (χ4v) is 2.58. The van der Waals surface area contributed by atoms with Crippen LogP contribution < -0.4 is 11.1 Å². The molecule has 2 rings (SSSR count). The number of benzene rings is 1. The van der Waals surface area contributed by atoms with E-state index in [1.165, 1.54) is 12.1 Å². The molecule has 0 saturated heterocycles. The zero-order valence-electron chi connectivity index (χ0n) is 11.0. The van der Waals surface area contributed by atoms with Gasteiger partial charge in [0.2, 0.25) is 0 Å². The first-order valence-electron chi connectivity index (χ1n) is 6.51. The lowest BCUT2D eigenvalue weighted by Crippen LogP contribution is -2.41. The van der Waals surface area contributed by atoms with E-state index in [-0.39, 0.29) is 17.8 Å². The number of rotatable bonds is 4. The number of hydrogen-bond acceptors (Lipinski definition) is 3. The monoisotopic (exact) mass is 280 g/mol. The van der Waals surface area contributed by atoms with Crippen LogP contribution in [0.1, 0.15) is 36.0 Å². The molecule has 1 aliphatic rings. The summed E-state index contributed by atoms with van der Waals surface area (Å²) >= 11 is 0. The van der Waals surface area contributed by atoms with Crippen molar-refractivity contribution in [1.29, 1.82) is 0 Å². The van der Waals surface area contributed by atoms with E-state index in [0.717, 1.165) is 18.9 Å². The first kappa shape index (κ1) is 14.3. The Balaban J connectivity index is 2.06. The molecule has 108 valence electrons. The Morgan fingerprint density at radius 3 is 2.55 bits per heavy atom. The molecule has 1 saturated carbocycles. The van der Waals surface area contributed by atoms with Gasteiger partial charge in [-0.15, -0.1) is 0 Å².